The number of halogens is 2. The molecular formula is C13H13ClFNO2S2. The van der Waals surface area contributed by atoms with Crippen molar-refractivity contribution in [1.29, 1.82) is 0 Å². The monoisotopic (exact) mass is 333 g/mol. The van der Waals surface area contributed by atoms with Gasteiger partial charge in [0.25, 0.3) is 10.0 Å². The highest BCUT2D eigenvalue weighted by Crippen LogP contribution is 2.32. The van der Waals surface area contributed by atoms with Gasteiger partial charge in [0, 0.05) is 11.9 Å². The molecular weight excluding hydrogens is 321 g/mol. The standard InChI is InChI=1S/C13H13ClFNO2S2/c1-9-8-19-12(7-14)13(9)20(17,18)16(2)11-5-3-4-10(15)6-11/h3-6,8H,7H2,1-2H3. The van der Waals surface area contributed by atoms with E-state index in [1.54, 1.807) is 18.4 Å². The number of anilines is 1. The average molecular weight is 334 g/mol. The van der Waals surface area contributed by atoms with E-state index in [0.717, 1.165) is 4.31 Å². The van der Waals surface area contributed by atoms with E-state index < -0.39 is 15.8 Å². The second kappa shape index (κ2) is 5.71. The van der Waals surface area contributed by atoms with Crippen LogP contribution in [0.3, 0.4) is 0 Å². The van der Waals surface area contributed by atoms with Gasteiger partial charge in [-0.15, -0.1) is 22.9 Å². The van der Waals surface area contributed by atoms with Gasteiger partial charge in [-0.1, -0.05) is 6.07 Å². The summed E-state index contributed by atoms with van der Waals surface area (Å²) < 4.78 is 39.6. The molecule has 0 spiro atoms. The van der Waals surface area contributed by atoms with Gasteiger partial charge in [0.05, 0.1) is 11.6 Å². The molecule has 20 heavy (non-hydrogen) atoms. The zero-order chi connectivity index (χ0) is 14.9. The fourth-order valence-electron chi connectivity index (χ4n) is 1.87. The molecule has 0 aliphatic carbocycles. The molecule has 0 atom stereocenters. The second-order valence-electron chi connectivity index (χ2n) is 4.26. The number of hydrogen-bond acceptors (Lipinski definition) is 3. The molecule has 2 aromatic rings. The summed E-state index contributed by atoms with van der Waals surface area (Å²) in [6.07, 6.45) is 0. The number of thiophene rings is 1. The van der Waals surface area contributed by atoms with Crippen LogP contribution in [0, 0.1) is 12.7 Å². The third-order valence-electron chi connectivity index (χ3n) is 2.90. The van der Waals surface area contributed by atoms with Gasteiger partial charge in [0.15, 0.2) is 0 Å². The lowest BCUT2D eigenvalue weighted by Gasteiger charge is -2.20. The fourth-order valence-corrected chi connectivity index (χ4v) is 5.07. The maximum Gasteiger partial charge on any atom is 0.265 e. The third kappa shape index (κ3) is 2.68. The highest BCUT2D eigenvalue weighted by Gasteiger charge is 2.27. The molecule has 0 fully saturated rings. The van der Waals surface area contributed by atoms with Crippen molar-refractivity contribution in [2.45, 2.75) is 17.7 Å². The largest absolute Gasteiger partial charge is 0.269 e. The third-order valence-corrected chi connectivity index (χ3v) is 6.58. The summed E-state index contributed by atoms with van der Waals surface area (Å²) in [7, 11) is -2.34. The quantitative estimate of drug-likeness (QED) is 0.799. The first-order valence-corrected chi connectivity index (χ1v) is 8.60. The fraction of sp³-hybridized carbons (Fsp3) is 0.231. The Labute approximate surface area is 126 Å². The molecule has 108 valence electrons. The highest BCUT2D eigenvalue weighted by molar-refractivity contribution is 7.93. The number of nitrogens with zero attached hydrogens (tertiary/aromatic N) is 1. The van der Waals surface area contributed by atoms with E-state index in [2.05, 4.69) is 0 Å². The highest BCUT2D eigenvalue weighted by atomic mass is 35.5. The summed E-state index contributed by atoms with van der Waals surface area (Å²) in [5, 5.41) is 1.75. The van der Waals surface area contributed by atoms with Gasteiger partial charge in [-0.3, -0.25) is 4.31 Å². The van der Waals surface area contributed by atoms with Crippen molar-refractivity contribution in [3.05, 3.63) is 45.9 Å². The lowest BCUT2D eigenvalue weighted by atomic mass is 10.3. The first-order valence-electron chi connectivity index (χ1n) is 5.75. The van der Waals surface area contributed by atoms with E-state index in [4.69, 9.17) is 11.6 Å². The molecule has 7 heteroatoms. The predicted octanol–water partition coefficient (Wildman–Crippen LogP) is 3.76. The molecule has 1 aromatic heterocycles. The smallest absolute Gasteiger partial charge is 0.265 e. The molecule has 0 aliphatic rings. The van der Waals surface area contributed by atoms with E-state index in [9.17, 15) is 12.8 Å². The molecule has 0 aliphatic heterocycles. The summed E-state index contributed by atoms with van der Waals surface area (Å²) in [5.41, 5.74) is 0.921. The van der Waals surface area contributed by atoms with Gasteiger partial charge in [-0.05, 0) is 36.1 Å². The summed E-state index contributed by atoms with van der Waals surface area (Å²) in [6.45, 7) is 1.72. The molecule has 0 amide bonds. The normalized spacial score (nSPS) is 11.6. The molecule has 0 bridgehead atoms. The van der Waals surface area contributed by atoms with Crippen molar-refractivity contribution in [2.24, 2.45) is 0 Å². The van der Waals surface area contributed by atoms with Crippen LogP contribution in [0.1, 0.15) is 10.4 Å². The molecule has 0 unspecified atom stereocenters. The molecule has 1 aromatic carbocycles. The zero-order valence-corrected chi connectivity index (χ0v) is 13.3. The maximum atomic E-state index is 13.2. The van der Waals surface area contributed by atoms with Crippen molar-refractivity contribution in [1.82, 2.24) is 0 Å². The minimum absolute atomic E-state index is 0.129. The van der Waals surface area contributed by atoms with Crippen LogP contribution < -0.4 is 4.31 Å². The number of alkyl halides is 1. The van der Waals surface area contributed by atoms with Crippen LogP contribution >= 0.6 is 22.9 Å². The van der Waals surface area contributed by atoms with Gasteiger partial charge in [0.1, 0.15) is 10.7 Å². The Morgan fingerprint density at radius 2 is 2.10 bits per heavy atom. The van der Waals surface area contributed by atoms with E-state index in [1.165, 1.54) is 36.6 Å². The van der Waals surface area contributed by atoms with Crippen LogP contribution in [0.4, 0.5) is 10.1 Å². The first-order chi connectivity index (χ1) is 9.37. The van der Waals surface area contributed by atoms with Crippen LogP contribution in [-0.2, 0) is 15.9 Å². The van der Waals surface area contributed by atoms with Crippen LogP contribution in [0.25, 0.3) is 0 Å². The van der Waals surface area contributed by atoms with Gasteiger partial charge < -0.3 is 0 Å². The van der Waals surface area contributed by atoms with Crippen molar-refractivity contribution >= 4 is 38.6 Å². The molecule has 0 N–H and O–H groups in total. The SMILES string of the molecule is Cc1csc(CCl)c1S(=O)(=O)N(C)c1cccc(F)c1. The number of sulfonamides is 1. The van der Waals surface area contributed by atoms with Gasteiger partial charge in [-0.25, -0.2) is 12.8 Å². The number of benzene rings is 1. The lowest BCUT2D eigenvalue weighted by molar-refractivity contribution is 0.593. The Morgan fingerprint density at radius 1 is 1.40 bits per heavy atom. The Bertz CT molecular complexity index is 728. The van der Waals surface area contributed by atoms with Gasteiger partial charge in [0.2, 0.25) is 0 Å². The predicted molar refractivity (Wildman–Crippen MR) is 80.6 cm³/mol. The molecule has 0 saturated carbocycles. The van der Waals surface area contributed by atoms with E-state index >= 15 is 0 Å². The van der Waals surface area contributed by atoms with Crippen LogP contribution in [0.2, 0.25) is 0 Å². The summed E-state index contributed by atoms with van der Waals surface area (Å²) >= 11 is 7.10. The second-order valence-corrected chi connectivity index (χ2v) is 7.39. The minimum Gasteiger partial charge on any atom is -0.269 e. The van der Waals surface area contributed by atoms with Gasteiger partial charge in [-0.2, -0.15) is 0 Å². The van der Waals surface area contributed by atoms with Crippen LogP contribution in [0.15, 0.2) is 34.5 Å². The Morgan fingerprint density at radius 3 is 2.70 bits per heavy atom. The Hall–Kier alpha value is -1.11. The van der Waals surface area contributed by atoms with Crippen molar-refractivity contribution < 1.29 is 12.8 Å². The zero-order valence-electron chi connectivity index (χ0n) is 10.9. The van der Waals surface area contributed by atoms with Crippen LogP contribution in [-0.4, -0.2) is 15.5 Å². The molecule has 3 nitrogen and oxygen atoms in total. The first kappa shape index (κ1) is 15.3. The van der Waals surface area contributed by atoms with Crippen molar-refractivity contribution in [3.8, 4) is 0 Å². The van der Waals surface area contributed by atoms with Crippen LogP contribution in [0.5, 0.6) is 0 Å². The average Bonchev–Trinajstić information content (AvgIpc) is 2.79. The molecule has 0 radical (unpaired) electrons. The number of hydrogen-bond donors (Lipinski definition) is 0. The minimum atomic E-state index is -3.75. The molecule has 2 rings (SSSR count). The van der Waals surface area contributed by atoms with Crippen molar-refractivity contribution in [3.63, 3.8) is 0 Å². The number of rotatable bonds is 4. The summed E-state index contributed by atoms with van der Waals surface area (Å²) in [6, 6.07) is 5.46. The summed E-state index contributed by atoms with van der Waals surface area (Å²) in [4.78, 5) is 0.802. The van der Waals surface area contributed by atoms with E-state index in [1.807, 2.05) is 0 Å². The topological polar surface area (TPSA) is 37.4 Å². The molecule has 1 heterocycles. The maximum absolute atomic E-state index is 13.2. The Kier molecular flexibility index (Phi) is 4.36. The lowest BCUT2D eigenvalue weighted by Crippen LogP contribution is -2.27. The van der Waals surface area contributed by atoms with E-state index in [-0.39, 0.29) is 16.5 Å². The Balaban J connectivity index is 2.52. The number of aryl methyl sites for hydroxylation is 1. The molecule has 0 saturated heterocycles. The van der Waals surface area contributed by atoms with Crippen molar-refractivity contribution in [2.75, 3.05) is 11.4 Å². The van der Waals surface area contributed by atoms with Gasteiger partial charge >= 0.3 is 0 Å². The van der Waals surface area contributed by atoms with E-state index in [0.29, 0.717) is 10.4 Å². The summed E-state index contributed by atoms with van der Waals surface area (Å²) in [5.74, 6) is -0.353.